The van der Waals surface area contributed by atoms with Crippen LogP contribution in [0.4, 0.5) is 4.39 Å². The van der Waals surface area contributed by atoms with Gasteiger partial charge in [-0.3, -0.25) is 9.59 Å². The normalized spacial score (nSPS) is 12.5. The molecule has 192 valence electrons. The van der Waals surface area contributed by atoms with Crippen molar-refractivity contribution in [3.63, 3.8) is 0 Å². The molecule has 1 atom stereocenters. The van der Waals surface area contributed by atoms with Gasteiger partial charge < -0.3 is 10.2 Å². The van der Waals surface area contributed by atoms with Gasteiger partial charge in [0.05, 0.1) is 11.4 Å². The minimum absolute atomic E-state index is 0.0579. The first-order valence-electron chi connectivity index (χ1n) is 11.9. The number of unbranched alkanes of at least 4 members (excludes halogenated alkanes) is 1. The van der Waals surface area contributed by atoms with Crippen LogP contribution in [0.1, 0.15) is 32.3 Å². The van der Waals surface area contributed by atoms with E-state index < -0.39 is 34.3 Å². The van der Waals surface area contributed by atoms with E-state index in [2.05, 4.69) is 5.32 Å². The molecule has 7 nitrogen and oxygen atoms in total. The van der Waals surface area contributed by atoms with Crippen molar-refractivity contribution in [1.29, 1.82) is 0 Å². The summed E-state index contributed by atoms with van der Waals surface area (Å²) in [7, 11) is -2.68. The van der Waals surface area contributed by atoms with Crippen LogP contribution < -0.4 is 5.32 Å². The van der Waals surface area contributed by atoms with Crippen LogP contribution in [0, 0.1) is 5.82 Å². The van der Waals surface area contributed by atoms with Gasteiger partial charge in [0.1, 0.15) is 11.9 Å². The van der Waals surface area contributed by atoms with E-state index in [4.69, 9.17) is 0 Å². The fourth-order valence-corrected chi connectivity index (χ4v) is 4.96. The van der Waals surface area contributed by atoms with Crippen LogP contribution in [0.3, 0.4) is 0 Å². The standard InChI is InChI=1S/C27H32FN3O4S/c1-4-5-16-29-27(33)20(2)31(18-23-12-8-9-13-25(23)28)26(32)19-30(3)36(34,35)24-15-14-21-10-6-7-11-22(21)17-24/h6-15,17,20H,4-5,16,18-19H2,1-3H3,(H,29,33). The van der Waals surface area contributed by atoms with Crippen molar-refractivity contribution in [3.8, 4) is 0 Å². The number of nitrogens with zero attached hydrogens (tertiary/aromatic N) is 2. The quantitative estimate of drug-likeness (QED) is 0.394. The van der Waals surface area contributed by atoms with Gasteiger partial charge in [-0.25, -0.2) is 12.8 Å². The van der Waals surface area contributed by atoms with Crippen LogP contribution in [0.15, 0.2) is 71.6 Å². The summed E-state index contributed by atoms with van der Waals surface area (Å²) in [5, 5.41) is 4.45. The van der Waals surface area contributed by atoms with Crippen molar-refractivity contribution in [2.24, 2.45) is 0 Å². The van der Waals surface area contributed by atoms with E-state index in [-0.39, 0.29) is 22.9 Å². The molecule has 0 bridgehead atoms. The maximum atomic E-state index is 14.4. The second-order valence-electron chi connectivity index (χ2n) is 8.70. The van der Waals surface area contributed by atoms with Gasteiger partial charge in [-0.1, -0.05) is 61.9 Å². The largest absolute Gasteiger partial charge is 0.354 e. The molecular formula is C27H32FN3O4S. The lowest BCUT2D eigenvalue weighted by molar-refractivity contribution is -0.140. The van der Waals surface area contributed by atoms with Gasteiger partial charge in [-0.15, -0.1) is 0 Å². The van der Waals surface area contributed by atoms with E-state index >= 15 is 0 Å². The van der Waals surface area contributed by atoms with Crippen molar-refractivity contribution in [2.45, 2.75) is 44.2 Å². The number of nitrogens with one attached hydrogen (secondary N) is 1. The van der Waals surface area contributed by atoms with Crippen molar-refractivity contribution in [3.05, 3.63) is 78.1 Å². The SMILES string of the molecule is CCCCNC(=O)C(C)N(Cc1ccccc1F)C(=O)CN(C)S(=O)(=O)c1ccc2ccccc2c1. The number of halogens is 1. The van der Waals surface area contributed by atoms with Gasteiger partial charge in [-0.05, 0) is 42.3 Å². The summed E-state index contributed by atoms with van der Waals surface area (Å²) >= 11 is 0. The minimum Gasteiger partial charge on any atom is -0.354 e. The first kappa shape index (κ1) is 27.3. The van der Waals surface area contributed by atoms with Gasteiger partial charge in [0.2, 0.25) is 21.8 Å². The van der Waals surface area contributed by atoms with Crippen LogP contribution in [0.25, 0.3) is 10.8 Å². The van der Waals surface area contributed by atoms with Crippen molar-refractivity contribution < 1.29 is 22.4 Å². The Hall–Kier alpha value is -3.30. The predicted molar refractivity (Wildman–Crippen MR) is 138 cm³/mol. The number of hydrogen-bond donors (Lipinski definition) is 1. The van der Waals surface area contributed by atoms with E-state index in [1.807, 2.05) is 31.2 Å². The molecule has 2 amide bonds. The summed E-state index contributed by atoms with van der Waals surface area (Å²) in [6, 6.07) is 17.2. The van der Waals surface area contributed by atoms with Crippen LogP contribution in [-0.2, 0) is 26.2 Å². The zero-order valence-corrected chi connectivity index (χ0v) is 21.6. The lowest BCUT2D eigenvalue weighted by Crippen LogP contribution is -2.50. The maximum absolute atomic E-state index is 14.4. The number of benzene rings is 3. The molecule has 36 heavy (non-hydrogen) atoms. The summed E-state index contributed by atoms with van der Waals surface area (Å²) in [5.74, 6) is -1.50. The first-order valence-corrected chi connectivity index (χ1v) is 13.3. The van der Waals surface area contributed by atoms with Crippen LogP contribution in [0.5, 0.6) is 0 Å². The highest BCUT2D eigenvalue weighted by Crippen LogP contribution is 2.22. The summed E-state index contributed by atoms with van der Waals surface area (Å²) < 4.78 is 41.8. The average molecular weight is 514 g/mol. The smallest absolute Gasteiger partial charge is 0.243 e. The van der Waals surface area contributed by atoms with Crippen LogP contribution >= 0.6 is 0 Å². The zero-order valence-electron chi connectivity index (χ0n) is 20.8. The number of carbonyl (C=O) groups is 2. The Morgan fingerprint density at radius 1 is 1.00 bits per heavy atom. The lowest BCUT2D eigenvalue weighted by atomic mass is 10.1. The van der Waals surface area contributed by atoms with Crippen molar-refractivity contribution >= 4 is 32.6 Å². The van der Waals surface area contributed by atoms with Gasteiger partial charge in [0, 0.05) is 25.7 Å². The topological polar surface area (TPSA) is 86.8 Å². The maximum Gasteiger partial charge on any atom is 0.243 e. The molecule has 1 N–H and O–H groups in total. The summed E-state index contributed by atoms with van der Waals surface area (Å²) in [6.07, 6.45) is 1.68. The minimum atomic E-state index is -3.99. The third kappa shape index (κ3) is 6.47. The lowest BCUT2D eigenvalue weighted by Gasteiger charge is -2.30. The van der Waals surface area contributed by atoms with Crippen molar-refractivity contribution in [2.75, 3.05) is 20.1 Å². The molecule has 0 fully saturated rings. The molecule has 0 heterocycles. The first-order chi connectivity index (χ1) is 17.1. The molecule has 3 rings (SSSR count). The molecule has 0 saturated carbocycles. The fourth-order valence-electron chi connectivity index (χ4n) is 3.80. The molecule has 1 unspecified atom stereocenters. The number of sulfonamides is 1. The number of fused-ring (bicyclic) bond motifs is 1. The molecule has 0 spiro atoms. The van der Waals surface area contributed by atoms with Crippen LogP contribution in [0.2, 0.25) is 0 Å². The summed E-state index contributed by atoms with van der Waals surface area (Å²) in [4.78, 5) is 27.4. The van der Waals surface area contributed by atoms with E-state index in [1.165, 1.54) is 36.2 Å². The number of amides is 2. The molecule has 9 heteroatoms. The summed E-state index contributed by atoms with van der Waals surface area (Å²) in [6.45, 7) is 3.33. The molecule has 0 aliphatic heterocycles. The summed E-state index contributed by atoms with van der Waals surface area (Å²) in [5.41, 5.74) is 0.235. The molecule has 0 aliphatic rings. The van der Waals surface area contributed by atoms with Gasteiger partial charge in [0.15, 0.2) is 0 Å². The average Bonchev–Trinajstić information content (AvgIpc) is 2.87. The zero-order chi connectivity index (χ0) is 26.3. The highest BCUT2D eigenvalue weighted by atomic mass is 32.2. The second kappa shape index (κ2) is 12.1. The Bertz CT molecular complexity index is 1330. The molecular weight excluding hydrogens is 481 g/mol. The molecule has 3 aromatic carbocycles. The number of likely N-dealkylation sites (N-methyl/N-ethyl adjacent to an activating group) is 1. The molecule has 0 radical (unpaired) electrons. The Balaban J connectivity index is 1.83. The highest BCUT2D eigenvalue weighted by molar-refractivity contribution is 7.89. The molecule has 0 saturated heterocycles. The van der Waals surface area contributed by atoms with E-state index in [0.717, 1.165) is 27.9 Å². The Morgan fingerprint density at radius 3 is 2.36 bits per heavy atom. The number of hydrogen-bond acceptors (Lipinski definition) is 4. The molecule has 3 aromatic rings. The van der Waals surface area contributed by atoms with Crippen molar-refractivity contribution in [1.82, 2.24) is 14.5 Å². The van der Waals surface area contributed by atoms with Gasteiger partial charge in [-0.2, -0.15) is 4.31 Å². The van der Waals surface area contributed by atoms with Crippen LogP contribution in [-0.4, -0.2) is 55.6 Å². The van der Waals surface area contributed by atoms with E-state index in [0.29, 0.717) is 6.54 Å². The third-order valence-corrected chi connectivity index (χ3v) is 7.88. The Kier molecular flexibility index (Phi) is 9.17. The van der Waals surface area contributed by atoms with Gasteiger partial charge in [0.25, 0.3) is 0 Å². The predicted octanol–water partition coefficient (Wildman–Crippen LogP) is 3.93. The highest BCUT2D eigenvalue weighted by Gasteiger charge is 2.30. The van der Waals surface area contributed by atoms with E-state index in [1.54, 1.807) is 25.1 Å². The molecule has 0 aliphatic carbocycles. The second-order valence-corrected chi connectivity index (χ2v) is 10.7. The monoisotopic (exact) mass is 513 g/mol. The number of rotatable bonds is 11. The fraction of sp³-hybridized carbons (Fsp3) is 0.333. The molecule has 0 aromatic heterocycles. The van der Waals surface area contributed by atoms with Gasteiger partial charge >= 0.3 is 0 Å². The third-order valence-electron chi connectivity index (χ3n) is 6.08. The van der Waals surface area contributed by atoms with E-state index in [9.17, 15) is 22.4 Å². The number of carbonyl (C=O) groups excluding carboxylic acids is 2. The Labute approximate surface area is 212 Å². The Morgan fingerprint density at radius 2 is 1.67 bits per heavy atom.